The first-order valence-corrected chi connectivity index (χ1v) is 5.49. The number of hydrogen-bond donors (Lipinski definition) is 2. The molecule has 0 fully saturated rings. The molecule has 0 aliphatic carbocycles. The highest BCUT2D eigenvalue weighted by molar-refractivity contribution is 6.33. The molecule has 0 saturated heterocycles. The molecule has 100 valence electrons. The van der Waals surface area contributed by atoms with Crippen LogP contribution in [0.4, 0.5) is 24.5 Å². The van der Waals surface area contributed by atoms with Crippen LogP contribution in [-0.2, 0) is 4.79 Å². The third-order valence-corrected chi connectivity index (χ3v) is 2.58. The predicted octanol–water partition coefficient (Wildman–Crippen LogP) is 3.51. The third kappa shape index (κ3) is 4.44. The lowest BCUT2D eigenvalue weighted by molar-refractivity contribution is -0.142. The molecule has 0 radical (unpaired) electrons. The van der Waals surface area contributed by atoms with Crippen molar-refractivity contribution in [2.24, 2.45) is 0 Å². The van der Waals surface area contributed by atoms with Crippen molar-refractivity contribution < 1.29 is 18.0 Å². The number of nitrogens with one attached hydrogen (secondary N) is 1. The van der Waals surface area contributed by atoms with Crippen molar-refractivity contribution in [2.75, 3.05) is 11.1 Å². The Morgan fingerprint density at radius 3 is 2.61 bits per heavy atom. The summed E-state index contributed by atoms with van der Waals surface area (Å²) >= 11 is 5.76. The molecule has 1 aromatic carbocycles. The fourth-order valence-corrected chi connectivity index (χ4v) is 1.47. The number of nitrogen functional groups attached to an aromatic ring is 1. The van der Waals surface area contributed by atoms with Gasteiger partial charge in [-0.05, 0) is 24.6 Å². The monoisotopic (exact) mass is 280 g/mol. The van der Waals surface area contributed by atoms with E-state index in [1.807, 2.05) is 0 Å². The second-order valence-electron chi connectivity index (χ2n) is 3.85. The van der Waals surface area contributed by atoms with Crippen LogP contribution in [0.1, 0.15) is 18.4 Å². The summed E-state index contributed by atoms with van der Waals surface area (Å²) in [5.41, 5.74) is 6.89. The second kappa shape index (κ2) is 5.48. The number of halogens is 4. The first kappa shape index (κ1) is 14.6. The number of anilines is 2. The van der Waals surface area contributed by atoms with E-state index in [-0.39, 0.29) is 5.02 Å². The molecule has 0 aliphatic rings. The van der Waals surface area contributed by atoms with Crippen LogP contribution in [0.25, 0.3) is 0 Å². The van der Waals surface area contributed by atoms with Crippen LogP contribution in [0, 0.1) is 6.92 Å². The lowest BCUT2D eigenvalue weighted by Crippen LogP contribution is -2.17. The van der Waals surface area contributed by atoms with Gasteiger partial charge in [0.05, 0.1) is 17.1 Å². The average Bonchev–Trinajstić information content (AvgIpc) is 2.22. The van der Waals surface area contributed by atoms with Crippen LogP contribution in [-0.4, -0.2) is 12.1 Å². The van der Waals surface area contributed by atoms with Crippen molar-refractivity contribution >= 4 is 28.9 Å². The van der Waals surface area contributed by atoms with Crippen molar-refractivity contribution in [1.82, 2.24) is 0 Å². The van der Waals surface area contributed by atoms with Crippen LogP contribution in [0.5, 0.6) is 0 Å². The molecule has 7 heteroatoms. The molecule has 1 rings (SSSR count). The highest BCUT2D eigenvalue weighted by Gasteiger charge is 2.27. The molecule has 0 spiro atoms. The lowest BCUT2D eigenvalue weighted by Gasteiger charge is -2.11. The second-order valence-corrected chi connectivity index (χ2v) is 4.26. The van der Waals surface area contributed by atoms with Gasteiger partial charge in [-0.25, -0.2) is 0 Å². The number of nitrogens with two attached hydrogens (primary N) is 1. The number of benzene rings is 1. The van der Waals surface area contributed by atoms with E-state index in [2.05, 4.69) is 5.32 Å². The normalized spacial score (nSPS) is 11.4. The molecule has 3 nitrogen and oxygen atoms in total. The van der Waals surface area contributed by atoms with E-state index in [1.54, 1.807) is 13.0 Å². The average molecular weight is 281 g/mol. The zero-order chi connectivity index (χ0) is 13.9. The highest BCUT2D eigenvalue weighted by Crippen LogP contribution is 2.27. The van der Waals surface area contributed by atoms with Crippen LogP contribution in [0.2, 0.25) is 5.02 Å². The van der Waals surface area contributed by atoms with Crippen LogP contribution in [0.15, 0.2) is 12.1 Å². The van der Waals surface area contributed by atoms with E-state index >= 15 is 0 Å². The number of carbonyl (C=O) groups is 1. The van der Waals surface area contributed by atoms with Crippen molar-refractivity contribution in [1.29, 1.82) is 0 Å². The Morgan fingerprint density at radius 1 is 1.44 bits per heavy atom. The molecule has 0 saturated carbocycles. The summed E-state index contributed by atoms with van der Waals surface area (Å²) in [6.07, 6.45) is -6.11. The van der Waals surface area contributed by atoms with Gasteiger partial charge < -0.3 is 11.1 Å². The Labute approximate surface area is 107 Å². The first-order valence-electron chi connectivity index (χ1n) is 5.11. The zero-order valence-corrected chi connectivity index (χ0v) is 10.3. The molecule has 18 heavy (non-hydrogen) atoms. The van der Waals surface area contributed by atoms with Crippen molar-refractivity contribution in [3.8, 4) is 0 Å². The standard InChI is InChI=1S/C11H12ClF3N2O/c1-6-4-8(16)7(12)5-9(6)17-10(18)2-3-11(13,14)15/h4-5H,2-3,16H2,1H3,(H,17,18). The van der Waals surface area contributed by atoms with E-state index in [4.69, 9.17) is 17.3 Å². The minimum atomic E-state index is -4.34. The summed E-state index contributed by atoms with van der Waals surface area (Å²) in [7, 11) is 0. The third-order valence-electron chi connectivity index (χ3n) is 2.25. The molecule has 3 N–H and O–H groups in total. The van der Waals surface area contributed by atoms with E-state index in [9.17, 15) is 18.0 Å². The molecular formula is C11H12ClF3N2O. The van der Waals surface area contributed by atoms with Crippen molar-refractivity contribution in [3.63, 3.8) is 0 Å². The van der Waals surface area contributed by atoms with Gasteiger partial charge in [0.25, 0.3) is 0 Å². The van der Waals surface area contributed by atoms with Gasteiger partial charge in [0.1, 0.15) is 0 Å². The molecule has 0 aromatic heterocycles. The Hall–Kier alpha value is -1.43. The van der Waals surface area contributed by atoms with Gasteiger partial charge in [0.15, 0.2) is 0 Å². The maximum Gasteiger partial charge on any atom is 0.389 e. The van der Waals surface area contributed by atoms with Gasteiger partial charge in [-0.2, -0.15) is 13.2 Å². The number of amides is 1. The van der Waals surface area contributed by atoms with Gasteiger partial charge in [-0.1, -0.05) is 11.6 Å². The fourth-order valence-electron chi connectivity index (χ4n) is 1.31. The van der Waals surface area contributed by atoms with Gasteiger partial charge in [0, 0.05) is 12.1 Å². The Kier molecular flexibility index (Phi) is 4.45. The van der Waals surface area contributed by atoms with Crippen LogP contribution >= 0.6 is 11.6 Å². The molecule has 0 unspecified atom stereocenters. The van der Waals surface area contributed by atoms with Gasteiger partial charge >= 0.3 is 6.18 Å². The van der Waals surface area contributed by atoms with Gasteiger partial charge in [-0.15, -0.1) is 0 Å². The Bertz CT molecular complexity index is 460. The van der Waals surface area contributed by atoms with E-state index in [1.165, 1.54) is 6.07 Å². The summed E-state index contributed by atoms with van der Waals surface area (Å²) in [4.78, 5) is 11.3. The Morgan fingerprint density at radius 2 is 2.06 bits per heavy atom. The van der Waals surface area contributed by atoms with E-state index < -0.39 is 24.9 Å². The minimum absolute atomic E-state index is 0.242. The molecule has 0 bridgehead atoms. The quantitative estimate of drug-likeness (QED) is 0.833. The summed E-state index contributed by atoms with van der Waals surface area (Å²) in [5, 5.41) is 2.61. The van der Waals surface area contributed by atoms with E-state index in [0.29, 0.717) is 16.9 Å². The molecule has 0 heterocycles. The van der Waals surface area contributed by atoms with Gasteiger partial charge in [0.2, 0.25) is 5.91 Å². The smallest absolute Gasteiger partial charge is 0.389 e. The van der Waals surface area contributed by atoms with E-state index in [0.717, 1.165) is 0 Å². The summed E-state index contributed by atoms with van der Waals surface area (Å²) in [6.45, 7) is 1.67. The minimum Gasteiger partial charge on any atom is -0.398 e. The Balaban J connectivity index is 2.68. The number of rotatable bonds is 3. The van der Waals surface area contributed by atoms with Crippen molar-refractivity contribution in [3.05, 3.63) is 22.7 Å². The highest BCUT2D eigenvalue weighted by atomic mass is 35.5. The molecule has 1 amide bonds. The van der Waals surface area contributed by atoms with Crippen LogP contribution in [0.3, 0.4) is 0 Å². The number of carbonyl (C=O) groups excluding carboxylic acids is 1. The number of alkyl halides is 3. The molecule has 1 aromatic rings. The zero-order valence-electron chi connectivity index (χ0n) is 9.57. The summed E-state index contributed by atoms with van der Waals surface area (Å²) < 4.78 is 35.8. The topological polar surface area (TPSA) is 55.1 Å². The lowest BCUT2D eigenvalue weighted by atomic mass is 10.1. The first-order chi connectivity index (χ1) is 8.19. The van der Waals surface area contributed by atoms with Crippen LogP contribution < -0.4 is 11.1 Å². The summed E-state index contributed by atoms with van der Waals surface area (Å²) in [6, 6.07) is 2.96. The maximum atomic E-state index is 11.9. The SMILES string of the molecule is Cc1cc(N)c(Cl)cc1NC(=O)CCC(F)(F)F. The number of aryl methyl sites for hydroxylation is 1. The molecular weight excluding hydrogens is 269 g/mol. The number of hydrogen-bond acceptors (Lipinski definition) is 2. The fraction of sp³-hybridized carbons (Fsp3) is 0.364. The summed E-state index contributed by atoms with van der Waals surface area (Å²) in [5.74, 6) is -0.712. The predicted molar refractivity (Wildman–Crippen MR) is 64.5 cm³/mol. The maximum absolute atomic E-state index is 11.9. The van der Waals surface area contributed by atoms with Crippen molar-refractivity contribution in [2.45, 2.75) is 25.9 Å². The largest absolute Gasteiger partial charge is 0.398 e. The van der Waals surface area contributed by atoms with Gasteiger partial charge in [-0.3, -0.25) is 4.79 Å². The molecule has 0 atom stereocenters. The molecule has 0 aliphatic heterocycles.